The molecule has 2 aromatic heterocycles. The number of benzene rings is 2. The molecule has 0 atom stereocenters. The maximum atomic E-state index is 13.0. The van der Waals surface area contributed by atoms with Crippen LogP contribution in [-0.2, 0) is 4.74 Å². The molecule has 0 fully saturated rings. The average Bonchev–Trinajstić information content (AvgIpc) is 3.02. The maximum absolute atomic E-state index is 13.0. The van der Waals surface area contributed by atoms with Crippen molar-refractivity contribution in [2.75, 3.05) is 25.5 Å². The number of hydrogen-bond acceptors (Lipinski definition) is 5. The van der Waals surface area contributed by atoms with Gasteiger partial charge in [0.2, 0.25) is 0 Å². The van der Waals surface area contributed by atoms with E-state index in [1.54, 1.807) is 4.57 Å². The van der Waals surface area contributed by atoms with Crippen molar-refractivity contribution in [3.05, 3.63) is 58.6 Å². The lowest BCUT2D eigenvalue weighted by atomic mass is 10.2. The van der Waals surface area contributed by atoms with E-state index in [0.29, 0.717) is 47.8 Å². The molecule has 0 saturated carbocycles. The zero-order valence-electron chi connectivity index (χ0n) is 16.6. The first-order chi connectivity index (χ1) is 14.6. The molecule has 4 aromatic rings. The van der Waals surface area contributed by atoms with Gasteiger partial charge in [0.1, 0.15) is 16.9 Å². The third-order valence-electron chi connectivity index (χ3n) is 4.75. The van der Waals surface area contributed by atoms with Crippen molar-refractivity contribution in [3.63, 3.8) is 0 Å². The lowest BCUT2D eigenvalue weighted by Crippen LogP contribution is -2.26. The van der Waals surface area contributed by atoms with Gasteiger partial charge in [0.05, 0.1) is 16.7 Å². The second-order valence-electron chi connectivity index (χ2n) is 6.77. The van der Waals surface area contributed by atoms with Crippen molar-refractivity contribution in [1.29, 1.82) is 0 Å². The summed E-state index contributed by atoms with van der Waals surface area (Å²) in [7, 11) is 0. The Hall–Kier alpha value is -2.97. The van der Waals surface area contributed by atoms with Gasteiger partial charge >= 0.3 is 0 Å². The van der Waals surface area contributed by atoms with Crippen molar-refractivity contribution in [3.8, 4) is 5.69 Å². The Morgan fingerprint density at radius 2 is 1.93 bits per heavy atom. The van der Waals surface area contributed by atoms with Crippen molar-refractivity contribution < 1.29 is 9.53 Å². The number of hydrogen-bond donors (Lipinski definition) is 2. The van der Waals surface area contributed by atoms with Crippen molar-refractivity contribution in [1.82, 2.24) is 19.9 Å². The topological polar surface area (TPSA) is 95.1 Å². The van der Waals surface area contributed by atoms with Gasteiger partial charge in [0, 0.05) is 24.2 Å². The van der Waals surface area contributed by atoms with Crippen LogP contribution in [0.5, 0.6) is 0 Å². The summed E-state index contributed by atoms with van der Waals surface area (Å²) in [6.07, 6.45) is 0.721. The minimum atomic E-state index is -0.271. The number of aromatic nitrogens is 3. The molecule has 8 heteroatoms. The molecule has 7 nitrogen and oxygen atoms in total. The molecule has 4 rings (SSSR count). The fraction of sp³-hybridized carbons (Fsp3) is 0.227. The molecule has 154 valence electrons. The molecular formula is C22H22BrN5O2. The molecule has 0 saturated heterocycles. The van der Waals surface area contributed by atoms with Crippen LogP contribution < -0.4 is 11.1 Å². The summed E-state index contributed by atoms with van der Waals surface area (Å²) in [6.45, 7) is 3.68. The highest BCUT2D eigenvalue weighted by molar-refractivity contribution is 9.10. The van der Waals surface area contributed by atoms with Crippen molar-refractivity contribution in [2.45, 2.75) is 13.3 Å². The van der Waals surface area contributed by atoms with Gasteiger partial charge in [-0.3, -0.25) is 9.36 Å². The van der Waals surface area contributed by atoms with Crippen LogP contribution in [0.3, 0.4) is 0 Å². The van der Waals surface area contributed by atoms with Crippen molar-refractivity contribution >= 4 is 49.9 Å². The number of carbonyl (C=O) groups is 1. The molecule has 0 unspecified atom stereocenters. The number of para-hydroxylation sites is 2. The van der Waals surface area contributed by atoms with E-state index in [2.05, 4.69) is 21.2 Å². The molecule has 0 aliphatic heterocycles. The number of ether oxygens (including phenoxy) is 1. The first-order valence-corrected chi connectivity index (χ1v) is 10.6. The SMILES string of the molecule is CCOCCCNC(=O)c1c(N)n(-c2cccc(Br)c2)c2nc3ccccc3nc12. The van der Waals surface area contributed by atoms with E-state index in [4.69, 9.17) is 20.4 Å². The molecule has 0 bridgehead atoms. The molecule has 0 spiro atoms. The summed E-state index contributed by atoms with van der Waals surface area (Å²) in [4.78, 5) is 22.5. The molecule has 3 N–H and O–H groups in total. The Morgan fingerprint density at radius 3 is 2.67 bits per heavy atom. The van der Waals surface area contributed by atoms with E-state index in [1.165, 1.54) is 0 Å². The first kappa shape index (κ1) is 20.3. The molecule has 2 heterocycles. The molecule has 30 heavy (non-hydrogen) atoms. The lowest BCUT2D eigenvalue weighted by molar-refractivity contribution is 0.0946. The average molecular weight is 468 g/mol. The highest BCUT2D eigenvalue weighted by Gasteiger charge is 2.24. The van der Waals surface area contributed by atoms with E-state index in [9.17, 15) is 4.79 Å². The number of amides is 1. The second-order valence-corrected chi connectivity index (χ2v) is 7.68. The van der Waals surface area contributed by atoms with Crippen molar-refractivity contribution in [2.24, 2.45) is 0 Å². The van der Waals surface area contributed by atoms with E-state index < -0.39 is 0 Å². The van der Waals surface area contributed by atoms with Gasteiger partial charge < -0.3 is 15.8 Å². The molecule has 0 aliphatic rings. The number of anilines is 1. The number of rotatable bonds is 7. The first-order valence-electron chi connectivity index (χ1n) is 9.78. The summed E-state index contributed by atoms with van der Waals surface area (Å²) >= 11 is 3.50. The van der Waals surface area contributed by atoms with Crippen LogP contribution >= 0.6 is 15.9 Å². The van der Waals surface area contributed by atoms with Gasteiger partial charge in [-0.15, -0.1) is 0 Å². The Morgan fingerprint density at radius 1 is 1.17 bits per heavy atom. The van der Waals surface area contributed by atoms with Crippen LogP contribution in [0.2, 0.25) is 0 Å². The Bertz CT molecular complexity index is 1220. The predicted molar refractivity (Wildman–Crippen MR) is 122 cm³/mol. The van der Waals surface area contributed by atoms with Gasteiger partial charge in [-0.2, -0.15) is 0 Å². The summed E-state index contributed by atoms with van der Waals surface area (Å²) in [5.41, 5.74) is 10.1. The highest BCUT2D eigenvalue weighted by atomic mass is 79.9. The minimum Gasteiger partial charge on any atom is -0.384 e. The number of nitrogens with two attached hydrogens (primary N) is 1. The summed E-state index contributed by atoms with van der Waals surface area (Å²) in [5, 5.41) is 2.93. The standard InChI is InChI=1S/C22H22BrN5O2/c1-2-30-12-6-11-25-22(29)18-19-21(27-17-10-4-3-9-16(17)26-19)28(20(18)24)15-8-5-7-14(23)13-15/h3-5,7-10,13H,2,6,11-12,24H2,1H3,(H,25,29). The number of carbonyl (C=O) groups excluding carboxylic acids is 1. The van der Waals surface area contributed by atoms with Gasteiger partial charge in [0.25, 0.3) is 5.91 Å². The summed E-state index contributed by atoms with van der Waals surface area (Å²) in [6, 6.07) is 15.3. The normalized spacial score (nSPS) is 11.3. The van der Waals surface area contributed by atoms with Crippen LogP contribution in [0.15, 0.2) is 53.0 Å². The molecule has 2 aromatic carbocycles. The maximum Gasteiger partial charge on any atom is 0.257 e. The van der Waals surface area contributed by atoms with E-state index in [0.717, 1.165) is 22.1 Å². The smallest absolute Gasteiger partial charge is 0.257 e. The zero-order valence-corrected chi connectivity index (χ0v) is 18.1. The number of fused-ring (bicyclic) bond motifs is 2. The Kier molecular flexibility index (Phi) is 5.96. The van der Waals surface area contributed by atoms with Gasteiger partial charge in [-0.25, -0.2) is 9.97 Å². The third kappa shape index (κ3) is 3.88. The predicted octanol–water partition coefficient (Wildman–Crippen LogP) is 4.07. The number of nitrogens with one attached hydrogen (secondary N) is 1. The number of halogens is 1. The number of nitrogen functional groups attached to an aromatic ring is 1. The van der Waals surface area contributed by atoms with Crippen LogP contribution in [0.1, 0.15) is 23.7 Å². The quantitative estimate of drug-likeness (QED) is 0.399. The van der Waals surface area contributed by atoms with Gasteiger partial charge in [0.15, 0.2) is 5.65 Å². The van der Waals surface area contributed by atoms with E-state index in [-0.39, 0.29) is 5.91 Å². The summed E-state index contributed by atoms with van der Waals surface area (Å²) < 4.78 is 8.00. The fourth-order valence-corrected chi connectivity index (χ4v) is 3.76. The van der Waals surface area contributed by atoms with Crippen LogP contribution in [-0.4, -0.2) is 40.2 Å². The molecule has 0 radical (unpaired) electrons. The minimum absolute atomic E-state index is 0.271. The van der Waals surface area contributed by atoms with E-state index >= 15 is 0 Å². The van der Waals surface area contributed by atoms with Crippen LogP contribution in [0.4, 0.5) is 5.82 Å². The van der Waals surface area contributed by atoms with Gasteiger partial charge in [-0.05, 0) is 43.7 Å². The monoisotopic (exact) mass is 467 g/mol. The Labute approximate surface area is 182 Å². The fourth-order valence-electron chi connectivity index (χ4n) is 3.37. The largest absolute Gasteiger partial charge is 0.384 e. The van der Waals surface area contributed by atoms with Gasteiger partial charge in [-0.1, -0.05) is 34.1 Å². The molecule has 1 amide bonds. The lowest BCUT2D eigenvalue weighted by Gasteiger charge is -2.09. The van der Waals surface area contributed by atoms with Crippen LogP contribution in [0.25, 0.3) is 27.9 Å². The third-order valence-corrected chi connectivity index (χ3v) is 5.24. The Balaban J connectivity index is 1.84. The number of nitrogens with zero attached hydrogens (tertiary/aromatic N) is 3. The zero-order chi connectivity index (χ0) is 21.1. The highest BCUT2D eigenvalue weighted by Crippen LogP contribution is 2.31. The molecule has 0 aliphatic carbocycles. The molecular weight excluding hydrogens is 446 g/mol. The van der Waals surface area contributed by atoms with E-state index in [1.807, 2.05) is 55.5 Å². The second kappa shape index (κ2) is 8.81. The summed E-state index contributed by atoms with van der Waals surface area (Å²) in [5.74, 6) is 0.0352. The van der Waals surface area contributed by atoms with Crippen LogP contribution in [0, 0.1) is 0 Å².